The molecule has 4 amide bonds. The van der Waals surface area contributed by atoms with E-state index in [0.717, 1.165) is 23.4 Å². The van der Waals surface area contributed by atoms with Crippen LogP contribution < -0.4 is 10.1 Å². The van der Waals surface area contributed by atoms with Gasteiger partial charge in [-0.05, 0) is 70.2 Å². The Morgan fingerprint density at radius 1 is 1.12 bits per heavy atom. The maximum absolute atomic E-state index is 15.2. The van der Waals surface area contributed by atoms with Gasteiger partial charge in [0.1, 0.15) is 24.5 Å². The SMILES string of the molecule is CC(C)(C)OC(=O)N[C@H]1CCC[C@@H]1Oc1cc2c(cc1F)C(=O)N(C1CCC(=O)N(COCC[Si](C)(C)C)C1=O)C2. The first-order valence-corrected chi connectivity index (χ1v) is 18.1. The zero-order valence-corrected chi connectivity index (χ0v) is 25.9. The van der Waals surface area contributed by atoms with Crippen LogP contribution in [-0.4, -0.2) is 78.8 Å². The van der Waals surface area contributed by atoms with Gasteiger partial charge in [0.2, 0.25) is 5.91 Å². The average Bonchev–Trinajstić information content (AvgIpc) is 3.40. The van der Waals surface area contributed by atoms with E-state index in [9.17, 15) is 19.2 Å². The Kier molecular flexibility index (Phi) is 9.12. The maximum Gasteiger partial charge on any atom is 0.408 e. The molecule has 0 radical (unpaired) electrons. The molecule has 4 rings (SSSR count). The Bertz CT molecular complexity index is 1200. The summed E-state index contributed by atoms with van der Waals surface area (Å²) in [6, 6.07) is 2.38. The van der Waals surface area contributed by atoms with Crippen LogP contribution in [0.3, 0.4) is 0 Å². The number of nitrogens with zero attached hydrogens (tertiary/aromatic N) is 2. The van der Waals surface area contributed by atoms with Gasteiger partial charge in [-0.1, -0.05) is 19.6 Å². The maximum atomic E-state index is 15.2. The highest BCUT2D eigenvalue weighted by molar-refractivity contribution is 6.76. The molecule has 0 bridgehead atoms. The molecule has 2 fully saturated rings. The van der Waals surface area contributed by atoms with Crippen molar-refractivity contribution in [3.63, 3.8) is 0 Å². The lowest BCUT2D eigenvalue weighted by Gasteiger charge is -2.35. The Morgan fingerprint density at radius 2 is 1.85 bits per heavy atom. The molecule has 1 aliphatic carbocycles. The molecule has 1 unspecified atom stereocenters. The number of benzene rings is 1. The summed E-state index contributed by atoms with van der Waals surface area (Å²) < 4.78 is 32.2. The Balaban J connectivity index is 1.41. The van der Waals surface area contributed by atoms with Gasteiger partial charge in [0, 0.05) is 33.2 Å². The van der Waals surface area contributed by atoms with Crippen molar-refractivity contribution in [3.05, 3.63) is 29.1 Å². The summed E-state index contributed by atoms with van der Waals surface area (Å²) in [6.45, 7) is 12.4. The van der Waals surface area contributed by atoms with Crippen molar-refractivity contribution in [2.75, 3.05) is 13.3 Å². The Morgan fingerprint density at radius 3 is 2.54 bits per heavy atom. The first-order chi connectivity index (χ1) is 19.1. The van der Waals surface area contributed by atoms with E-state index < -0.39 is 49.5 Å². The number of hydrogen-bond acceptors (Lipinski definition) is 7. The lowest BCUT2D eigenvalue weighted by molar-refractivity contribution is -0.158. The van der Waals surface area contributed by atoms with Crippen LogP contribution in [0.1, 0.15) is 68.8 Å². The van der Waals surface area contributed by atoms with Crippen LogP contribution in [0.15, 0.2) is 12.1 Å². The van der Waals surface area contributed by atoms with Gasteiger partial charge in [-0.2, -0.15) is 0 Å². The van der Waals surface area contributed by atoms with E-state index in [1.165, 1.54) is 11.0 Å². The van der Waals surface area contributed by atoms with Crippen molar-refractivity contribution >= 4 is 31.9 Å². The van der Waals surface area contributed by atoms with E-state index in [2.05, 4.69) is 25.0 Å². The van der Waals surface area contributed by atoms with Crippen molar-refractivity contribution in [2.45, 2.75) is 109 Å². The minimum Gasteiger partial charge on any atom is -0.485 e. The first kappa shape index (κ1) is 31.0. The molecule has 1 N–H and O–H groups in total. The molecule has 2 aliphatic heterocycles. The average molecular weight is 592 g/mol. The largest absolute Gasteiger partial charge is 0.485 e. The fourth-order valence-electron chi connectivity index (χ4n) is 5.31. The number of nitrogens with one attached hydrogen (secondary N) is 1. The number of imide groups is 1. The molecule has 10 nitrogen and oxygen atoms in total. The summed E-state index contributed by atoms with van der Waals surface area (Å²) in [5.41, 5.74) is 0.0740. The van der Waals surface area contributed by atoms with Crippen molar-refractivity contribution in [2.24, 2.45) is 0 Å². The summed E-state index contributed by atoms with van der Waals surface area (Å²) in [4.78, 5) is 53.8. The number of alkyl carbamates (subject to hydrolysis) is 1. The summed E-state index contributed by atoms with van der Waals surface area (Å²) in [5, 5.41) is 2.82. The van der Waals surface area contributed by atoms with Crippen molar-refractivity contribution in [1.82, 2.24) is 15.1 Å². The molecular formula is C29H42FN3O7Si. The second kappa shape index (κ2) is 12.1. The lowest BCUT2D eigenvalue weighted by atomic mass is 10.0. The zero-order chi connectivity index (χ0) is 30.1. The third-order valence-corrected chi connectivity index (χ3v) is 9.20. The second-order valence-corrected chi connectivity index (χ2v) is 18.9. The van der Waals surface area contributed by atoms with Crippen molar-refractivity contribution in [1.29, 1.82) is 0 Å². The summed E-state index contributed by atoms with van der Waals surface area (Å²) >= 11 is 0. The van der Waals surface area contributed by atoms with E-state index in [1.807, 2.05) is 0 Å². The van der Waals surface area contributed by atoms with Crippen LogP contribution in [0.4, 0.5) is 9.18 Å². The molecule has 41 heavy (non-hydrogen) atoms. The first-order valence-electron chi connectivity index (χ1n) is 14.3. The van der Waals surface area contributed by atoms with Gasteiger partial charge in [0.05, 0.1) is 6.04 Å². The number of hydrogen-bond donors (Lipinski definition) is 1. The van der Waals surface area contributed by atoms with Crippen LogP contribution in [0.25, 0.3) is 0 Å². The van der Waals surface area contributed by atoms with Gasteiger partial charge >= 0.3 is 6.09 Å². The molecule has 2 heterocycles. The van der Waals surface area contributed by atoms with Gasteiger partial charge in [-0.3, -0.25) is 19.3 Å². The topological polar surface area (TPSA) is 114 Å². The summed E-state index contributed by atoms with van der Waals surface area (Å²) in [5.74, 6) is -1.96. The zero-order valence-electron chi connectivity index (χ0n) is 24.9. The Labute approximate surface area is 241 Å². The predicted octanol–water partition coefficient (Wildman–Crippen LogP) is 4.44. The standard InChI is InChI=1S/C29H42FN3O7Si/c1-29(2,3)40-28(37)31-21-8-7-9-23(21)39-24-14-18-16-32(26(35)19(18)15-20(24)30)22-10-11-25(34)33(27(22)36)17-38-12-13-41(4,5)6/h14-15,21-23H,7-13,16-17H2,1-6H3,(H,31,37)/t21-,22?,23-/m0/s1. The fourth-order valence-corrected chi connectivity index (χ4v) is 6.07. The normalized spacial score (nSPS) is 23.2. The summed E-state index contributed by atoms with van der Waals surface area (Å²) in [7, 11) is -1.33. The molecule has 3 atom stereocenters. The van der Waals surface area contributed by atoms with Crippen LogP contribution >= 0.6 is 0 Å². The van der Waals surface area contributed by atoms with Crippen LogP contribution in [0.5, 0.6) is 5.75 Å². The highest BCUT2D eigenvalue weighted by Crippen LogP contribution is 2.35. The predicted molar refractivity (Wildman–Crippen MR) is 152 cm³/mol. The highest BCUT2D eigenvalue weighted by Gasteiger charge is 2.43. The van der Waals surface area contributed by atoms with E-state index in [-0.39, 0.29) is 49.4 Å². The number of halogens is 1. The molecule has 1 aromatic rings. The van der Waals surface area contributed by atoms with E-state index >= 15 is 4.39 Å². The number of carbonyl (C=O) groups excluding carboxylic acids is 4. The number of rotatable bonds is 9. The molecular weight excluding hydrogens is 549 g/mol. The van der Waals surface area contributed by atoms with E-state index in [4.69, 9.17) is 14.2 Å². The van der Waals surface area contributed by atoms with Crippen molar-refractivity contribution in [3.8, 4) is 5.75 Å². The van der Waals surface area contributed by atoms with Crippen LogP contribution in [0.2, 0.25) is 25.7 Å². The molecule has 226 valence electrons. The number of amides is 4. The Hall–Kier alpha value is -2.99. The van der Waals surface area contributed by atoms with Crippen LogP contribution in [-0.2, 0) is 25.6 Å². The highest BCUT2D eigenvalue weighted by atomic mass is 28.3. The summed E-state index contributed by atoms with van der Waals surface area (Å²) in [6.07, 6.45) is 1.40. The third kappa shape index (κ3) is 7.65. The van der Waals surface area contributed by atoms with Crippen molar-refractivity contribution < 1.29 is 37.8 Å². The van der Waals surface area contributed by atoms with Gasteiger partial charge in [-0.25, -0.2) is 9.18 Å². The quantitative estimate of drug-likeness (QED) is 0.257. The molecule has 3 aliphatic rings. The molecule has 1 aromatic carbocycles. The van der Waals surface area contributed by atoms with Gasteiger partial charge < -0.3 is 24.4 Å². The fraction of sp³-hybridized carbons (Fsp3) is 0.655. The molecule has 12 heteroatoms. The molecule has 0 aromatic heterocycles. The van der Waals surface area contributed by atoms with Gasteiger partial charge in [0.25, 0.3) is 11.8 Å². The lowest BCUT2D eigenvalue weighted by Crippen LogP contribution is -2.55. The number of piperidine rings is 1. The minimum absolute atomic E-state index is 0.0103. The molecule has 1 saturated heterocycles. The van der Waals surface area contributed by atoms with E-state index in [1.54, 1.807) is 20.8 Å². The number of ether oxygens (including phenoxy) is 3. The monoisotopic (exact) mass is 591 g/mol. The minimum atomic E-state index is -1.33. The van der Waals surface area contributed by atoms with Gasteiger partial charge in [0.15, 0.2) is 11.6 Å². The van der Waals surface area contributed by atoms with Crippen LogP contribution in [0, 0.1) is 5.82 Å². The van der Waals surface area contributed by atoms with Gasteiger partial charge in [-0.15, -0.1) is 0 Å². The third-order valence-electron chi connectivity index (χ3n) is 7.50. The van der Waals surface area contributed by atoms with E-state index in [0.29, 0.717) is 25.0 Å². The number of likely N-dealkylation sites (tertiary alicyclic amines) is 1. The second-order valence-electron chi connectivity index (χ2n) is 13.3. The number of fused-ring (bicyclic) bond motifs is 1. The smallest absolute Gasteiger partial charge is 0.408 e. The molecule has 1 saturated carbocycles. The molecule has 0 spiro atoms. The number of carbonyl (C=O) groups is 4.